The van der Waals surface area contributed by atoms with Crippen LogP contribution in [0.2, 0.25) is 0 Å². The maximum Gasteiger partial charge on any atom is 0.381 e. The first-order valence-corrected chi connectivity index (χ1v) is 7.36. The van der Waals surface area contributed by atoms with Crippen LogP contribution >= 0.6 is 0 Å². The van der Waals surface area contributed by atoms with E-state index >= 15 is 0 Å². The van der Waals surface area contributed by atoms with Crippen molar-refractivity contribution in [2.24, 2.45) is 7.05 Å². The van der Waals surface area contributed by atoms with E-state index in [-0.39, 0.29) is 24.0 Å². The SMILES string of the molecule is C[n+]1cc(-c2ccccc2)oc1-c1cccc2ccccc12.[I-]. The van der Waals surface area contributed by atoms with Crippen LogP contribution in [0.5, 0.6) is 0 Å². The summed E-state index contributed by atoms with van der Waals surface area (Å²) in [7, 11) is 2.02. The lowest BCUT2D eigenvalue weighted by atomic mass is 10.0. The normalized spacial score (nSPS) is 10.5. The fourth-order valence-electron chi connectivity index (χ4n) is 2.83. The van der Waals surface area contributed by atoms with Crippen LogP contribution in [0.15, 0.2) is 83.4 Å². The first kappa shape index (κ1) is 15.7. The van der Waals surface area contributed by atoms with Crippen LogP contribution in [0.1, 0.15) is 0 Å². The fraction of sp³-hybridized carbons (Fsp3) is 0.0500. The first-order valence-electron chi connectivity index (χ1n) is 7.36. The molecule has 0 spiro atoms. The standard InChI is InChI=1S/C20H16NO.HI/c1-21-14-19(16-9-3-2-4-10-16)22-20(21)18-13-7-11-15-8-5-6-12-17(15)18;/h2-14H,1H3;1H/q+1;/p-1. The van der Waals surface area contributed by atoms with Crippen LogP contribution in [-0.2, 0) is 7.05 Å². The van der Waals surface area contributed by atoms with Crippen molar-refractivity contribution in [1.82, 2.24) is 0 Å². The number of benzene rings is 3. The van der Waals surface area contributed by atoms with Crippen LogP contribution < -0.4 is 28.5 Å². The molecule has 0 radical (unpaired) electrons. The second kappa shape index (κ2) is 6.54. The van der Waals surface area contributed by atoms with E-state index in [4.69, 9.17) is 4.42 Å². The summed E-state index contributed by atoms with van der Waals surface area (Å²) in [4.78, 5) is 0. The van der Waals surface area contributed by atoms with Gasteiger partial charge < -0.3 is 28.4 Å². The van der Waals surface area contributed by atoms with E-state index in [9.17, 15) is 0 Å². The molecule has 1 heterocycles. The van der Waals surface area contributed by atoms with Crippen molar-refractivity contribution in [2.75, 3.05) is 0 Å². The Bertz CT molecular complexity index is 939. The van der Waals surface area contributed by atoms with Crippen molar-refractivity contribution in [3.8, 4) is 22.8 Å². The Hall–Kier alpha value is -2.14. The summed E-state index contributed by atoms with van der Waals surface area (Å²) in [6.45, 7) is 0. The van der Waals surface area contributed by atoms with Crippen LogP contribution in [0.3, 0.4) is 0 Å². The van der Waals surface area contributed by atoms with Gasteiger partial charge in [0.1, 0.15) is 7.05 Å². The van der Waals surface area contributed by atoms with Crippen molar-refractivity contribution < 1.29 is 33.0 Å². The Balaban J connectivity index is 0.00000156. The van der Waals surface area contributed by atoms with Gasteiger partial charge in [-0.1, -0.05) is 66.7 Å². The first-order chi connectivity index (χ1) is 10.8. The number of hydrogen-bond donors (Lipinski definition) is 0. The minimum Gasteiger partial charge on any atom is -1.00 e. The average Bonchev–Trinajstić information content (AvgIpc) is 2.97. The third-order valence-corrected chi connectivity index (χ3v) is 3.92. The molecular formula is C20H16INO. The van der Waals surface area contributed by atoms with E-state index in [1.165, 1.54) is 10.8 Å². The molecule has 0 amide bonds. The summed E-state index contributed by atoms with van der Waals surface area (Å²) < 4.78 is 8.20. The Morgan fingerprint density at radius 1 is 0.783 bits per heavy atom. The molecule has 0 unspecified atom stereocenters. The fourth-order valence-corrected chi connectivity index (χ4v) is 2.83. The molecule has 0 bridgehead atoms. The van der Waals surface area contributed by atoms with Crippen LogP contribution in [-0.4, -0.2) is 0 Å². The van der Waals surface area contributed by atoms with Crippen LogP contribution in [0, 0.1) is 0 Å². The van der Waals surface area contributed by atoms with Gasteiger partial charge in [-0.05, 0) is 16.8 Å². The number of fused-ring (bicyclic) bond motifs is 1. The number of nitrogens with zero attached hydrogens (tertiary/aromatic N) is 1. The lowest BCUT2D eigenvalue weighted by Crippen LogP contribution is -3.00. The van der Waals surface area contributed by atoms with E-state index < -0.39 is 0 Å². The highest BCUT2D eigenvalue weighted by Gasteiger charge is 2.20. The van der Waals surface area contributed by atoms with Crippen LogP contribution in [0.25, 0.3) is 33.6 Å². The van der Waals surface area contributed by atoms with Crippen molar-refractivity contribution in [2.45, 2.75) is 0 Å². The van der Waals surface area contributed by atoms with E-state index in [0.29, 0.717) is 0 Å². The lowest BCUT2D eigenvalue weighted by molar-refractivity contribution is -0.662. The molecule has 3 aromatic carbocycles. The van der Waals surface area contributed by atoms with Gasteiger partial charge >= 0.3 is 5.89 Å². The third-order valence-electron chi connectivity index (χ3n) is 3.92. The third kappa shape index (κ3) is 2.88. The van der Waals surface area contributed by atoms with E-state index in [1.807, 2.05) is 36.0 Å². The van der Waals surface area contributed by atoms with Crippen molar-refractivity contribution in [3.63, 3.8) is 0 Å². The summed E-state index contributed by atoms with van der Waals surface area (Å²) in [5.41, 5.74) is 2.20. The number of aromatic nitrogens is 1. The highest BCUT2D eigenvalue weighted by atomic mass is 127. The van der Waals surface area contributed by atoms with Gasteiger partial charge in [-0.25, -0.2) is 0 Å². The molecule has 0 saturated heterocycles. The smallest absolute Gasteiger partial charge is 0.381 e. The molecule has 4 aromatic rings. The molecule has 0 fully saturated rings. The van der Waals surface area contributed by atoms with Gasteiger partial charge in [0.05, 0.1) is 5.56 Å². The molecule has 23 heavy (non-hydrogen) atoms. The zero-order valence-electron chi connectivity index (χ0n) is 12.7. The molecule has 114 valence electrons. The van der Waals surface area contributed by atoms with E-state index in [1.54, 1.807) is 0 Å². The summed E-state index contributed by atoms with van der Waals surface area (Å²) in [6, 6.07) is 24.9. The number of aryl methyl sites for hydroxylation is 1. The van der Waals surface area contributed by atoms with Gasteiger partial charge in [-0.15, -0.1) is 0 Å². The largest absolute Gasteiger partial charge is 1.00 e. The Morgan fingerprint density at radius 2 is 1.48 bits per heavy atom. The van der Waals surface area contributed by atoms with Crippen molar-refractivity contribution >= 4 is 10.8 Å². The van der Waals surface area contributed by atoms with E-state index in [0.717, 1.165) is 22.8 Å². The molecule has 0 saturated carbocycles. The minimum absolute atomic E-state index is 0. The molecule has 0 aliphatic heterocycles. The Kier molecular flexibility index (Phi) is 4.48. The predicted octanol–water partition coefficient (Wildman–Crippen LogP) is 1.60. The van der Waals surface area contributed by atoms with Gasteiger partial charge in [0.25, 0.3) is 0 Å². The molecule has 3 heteroatoms. The number of hydrogen-bond acceptors (Lipinski definition) is 1. The Labute approximate surface area is 152 Å². The van der Waals surface area contributed by atoms with Gasteiger partial charge in [0, 0.05) is 5.56 Å². The minimum atomic E-state index is 0. The molecule has 0 N–H and O–H groups in total. The molecule has 4 rings (SSSR count). The average molecular weight is 413 g/mol. The van der Waals surface area contributed by atoms with E-state index in [2.05, 4.69) is 54.6 Å². The van der Waals surface area contributed by atoms with Gasteiger partial charge in [0.2, 0.25) is 12.0 Å². The zero-order chi connectivity index (χ0) is 14.9. The highest BCUT2D eigenvalue weighted by Crippen LogP contribution is 2.29. The van der Waals surface area contributed by atoms with Crippen LogP contribution in [0.4, 0.5) is 0 Å². The monoisotopic (exact) mass is 413 g/mol. The van der Waals surface area contributed by atoms with Gasteiger partial charge in [-0.3, -0.25) is 0 Å². The van der Waals surface area contributed by atoms with Crippen molar-refractivity contribution in [1.29, 1.82) is 0 Å². The molecule has 0 atom stereocenters. The van der Waals surface area contributed by atoms with Gasteiger partial charge in [-0.2, -0.15) is 4.57 Å². The summed E-state index contributed by atoms with van der Waals surface area (Å²) in [5, 5.41) is 2.42. The Morgan fingerprint density at radius 3 is 2.30 bits per heavy atom. The molecule has 0 aliphatic carbocycles. The second-order valence-electron chi connectivity index (χ2n) is 5.40. The van der Waals surface area contributed by atoms with Crippen molar-refractivity contribution in [3.05, 3.63) is 79.0 Å². The molecule has 1 aromatic heterocycles. The quantitative estimate of drug-likeness (QED) is 0.361. The highest BCUT2D eigenvalue weighted by molar-refractivity contribution is 5.94. The second-order valence-corrected chi connectivity index (χ2v) is 5.40. The summed E-state index contributed by atoms with van der Waals surface area (Å²) in [6.07, 6.45) is 2.03. The maximum atomic E-state index is 6.16. The lowest BCUT2D eigenvalue weighted by Gasteiger charge is -2.00. The molecule has 2 nitrogen and oxygen atoms in total. The maximum absolute atomic E-state index is 6.16. The molecule has 0 aliphatic rings. The number of halogens is 1. The topological polar surface area (TPSA) is 17.0 Å². The van der Waals surface area contributed by atoms with Gasteiger partial charge in [0.15, 0.2) is 0 Å². The number of rotatable bonds is 2. The predicted molar refractivity (Wildman–Crippen MR) is 88.3 cm³/mol. The summed E-state index contributed by atoms with van der Waals surface area (Å²) in [5.74, 6) is 1.75. The zero-order valence-corrected chi connectivity index (χ0v) is 14.9. The molecular weight excluding hydrogens is 397 g/mol. The number of oxazole rings is 1. The summed E-state index contributed by atoms with van der Waals surface area (Å²) >= 11 is 0.